The maximum Gasteiger partial charge on any atom is 0.191 e. The smallest absolute Gasteiger partial charge is 0.191 e. The molecule has 0 saturated heterocycles. The highest BCUT2D eigenvalue weighted by molar-refractivity contribution is 5.79. The largest absolute Gasteiger partial charge is 0.385 e. The highest BCUT2D eigenvalue weighted by atomic mass is 16.5. The van der Waals surface area contributed by atoms with Crippen molar-refractivity contribution in [2.24, 2.45) is 12.0 Å². The quantitative estimate of drug-likeness (QED) is 0.260. The molecular weight excluding hydrogens is 404 g/mol. The van der Waals surface area contributed by atoms with Crippen molar-refractivity contribution in [2.45, 2.75) is 26.3 Å². The van der Waals surface area contributed by atoms with Gasteiger partial charge in [0, 0.05) is 66.2 Å². The van der Waals surface area contributed by atoms with E-state index in [0.717, 1.165) is 69.8 Å². The molecule has 2 aromatic rings. The molecule has 0 fully saturated rings. The number of para-hydroxylation sites is 1. The summed E-state index contributed by atoms with van der Waals surface area (Å²) in [6.45, 7) is 7.79. The number of hydrogen-bond acceptors (Lipinski definition) is 6. The Bertz CT molecular complexity index is 793. The van der Waals surface area contributed by atoms with E-state index >= 15 is 0 Å². The highest BCUT2D eigenvalue weighted by Crippen LogP contribution is 2.10. The number of likely N-dealkylation sites (N-methyl/N-ethyl adjacent to an activating group) is 1. The van der Waals surface area contributed by atoms with E-state index in [0.29, 0.717) is 6.54 Å². The summed E-state index contributed by atoms with van der Waals surface area (Å²) in [7, 11) is 7.96. The van der Waals surface area contributed by atoms with Crippen LogP contribution in [0.2, 0.25) is 0 Å². The van der Waals surface area contributed by atoms with Crippen LogP contribution in [0, 0.1) is 6.92 Å². The Kier molecular flexibility index (Phi) is 11.5. The molecule has 1 aromatic heterocycles. The van der Waals surface area contributed by atoms with Crippen LogP contribution in [0.4, 0.5) is 5.69 Å². The van der Waals surface area contributed by atoms with Gasteiger partial charge in [0.25, 0.3) is 0 Å². The lowest BCUT2D eigenvalue weighted by Gasteiger charge is -2.20. The Balaban J connectivity index is 1.82. The SMILES string of the molecule is COCCCN(C)CCNC(=NCc1nnc(C)n1C)NCCCN(C)c1ccccc1. The van der Waals surface area contributed by atoms with E-state index in [9.17, 15) is 0 Å². The molecule has 1 aromatic carbocycles. The Morgan fingerprint density at radius 2 is 1.78 bits per heavy atom. The molecule has 2 rings (SSSR count). The van der Waals surface area contributed by atoms with Crippen LogP contribution < -0.4 is 15.5 Å². The number of aliphatic imine (C=N–C) groups is 1. The van der Waals surface area contributed by atoms with Gasteiger partial charge < -0.3 is 29.7 Å². The van der Waals surface area contributed by atoms with E-state index in [-0.39, 0.29) is 0 Å². The van der Waals surface area contributed by atoms with Crippen molar-refractivity contribution in [2.75, 3.05) is 65.4 Å². The minimum Gasteiger partial charge on any atom is -0.385 e. The first-order valence-electron chi connectivity index (χ1n) is 11.3. The third-order valence-electron chi connectivity index (χ3n) is 5.40. The van der Waals surface area contributed by atoms with E-state index < -0.39 is 0 Å². The minimum absolute atomic E-state index is 0.486. The van der Waals surface area contributed by atoms with Crippen molar-refractivity contribution >= 4 is 11.6 Å². The second kappa shape index (κ2) is 14.4. The van der Waals surface area contributed by atoms with Gasteiger partial charge in [-0.05, 0) is 38.9 Å². The number of rotatable bonds is 14. The predicted octanol–water partition coefficient (Wildman–Crippen LogP) is 1.65. The van der Waals surface area contributed by atoms with Crippen LogP contribution in [0.5, 0.6) is 0 Å². The average Bonchev–Trinajstić information content (AvgIpc) is 3.12. The zero-order valence-electron chi connectivity index (χ0n) is 20.3. The lowest BCUT2D eigenvalue weighted by atomic mass is 10.3. The number of nitrogens with zero attached hydrogens (tertiary/aromatic N) is 6. The van der Waals surface area contributed by atoms with Crippen LogP contribution in [-0.2, 0) is 18.3 Å². The summed E-state index contributed by atoms with van der Waals surface area (Å²) in [6, 6.07) is 10.4. The van der Waals surface area contributed by atoms with Gasteiger partial charge in [0.05, 0.1) is 0 Å². The fraction of sp³-hybridized carbons (Fsp3) is 0.609. The molecule has 0 radical (unpaired) electrons. The van der Waals surface area contributed by atoms with Gasteiger partial charge in [-0.1, -0.05) is 18.2 Å². The molecule has 0 saturated carbocycles. The molecule has 1 heterocycles. The van der Waals surface area contributed by atoms with Crippen LogP contribution in [-0.4, -0.2) is 86.2 Å². The molecule has 9 heteroatoms. The minimum atomic E-state index is 0.486. The van der Waals surface area contributed by atoms with Crippen LogP contribution in [0.15, 0.2) is 35.3 Å². The summed E-state index contributed by atoms with van der Waals surface area (Å²) in [5, 5.41) is 15.3. The van der Waals surface area contributed by atoms with Crippen LogP contribution in [0.3, 0.4) is 0 Å². The second-order valence-electron chi connectivity index (χ2n) is 8.00. The second-order valence-corrected chi connectivity index (χ2v) is 8.00. The van der Waals surface area contributed by atoms with E-state index in [1.165, 1.54) is 5.69 Å². The molecule has 0 atom stereocenters. The monoisotopic (exact) mass is 444 g/mol. The summed E-state index contributed by atoms with van der Waals surface area (Å²) in [5.74, 6) is 2.54. The molecule has 0 amide bonds. The number of aryl methyl sites for hydroxylation is 1. The Hall–Kier alpha value is -2.65. The van der Waals surface area contributed by atoms with Crippen molar-refractivity contribution in [3.63, 3.8) is 0 Å². The zero-order valence-corrected chi connectivity index (χ0v) is 20.3. The predicted molar refractivity (Wildman–Crippen MR) is 131 cm³/mol. The molecular formula is C23H40N8O. The van der Waals surface area contributed by atoms with Gasteiger partial charge in [0.1, 0.15) is 12.4 Å². The third kappa shape index (κ3) is 9.23. The molecule has 32 heavy (non-hydrogen) atoms. The summed E-state index contributed by atoms with van der Waals surface area (Å²) in [4.78, 5) is 9.30. The van der Waals surface area contributed by atoms with Gasteiger partial charge in [-0.3, -0.25) is 0 Å². The number of benzene rings is 1. The Morgan fingerprint density at radius 3 is 2.47 bits per heavy atom. The standard InChI is InChI=1S/C23H40N8O/c1-20-27-28-22(31(20)4)19-26-23(25-14-17-29(2)15-10-18-32-5)24-13-9-16-30(3)21-11-7-6-8-12-21/h6-8,11-12H,9-10,13-19H2,1-5H3,(H2,24,25,26). The summed E-state index contributed by atoms with van der Waals surface area (Å²) in [6.07, 6.45) is 2.04. The first-order valence-corrected chi connectivity index (χ1v) is 11.3. The zero-order chi connectivity index (χ0) is 23.2. The number of ether oxygens (including phenoxy) is 1. The van der Waals surface area contributed by atoms with Gasteiger partial charge in [0.2, 0.25) is 0 Å². The summed E-state index contributed by atoms with van der Waals surface area (Å²) < 4.78 is 7.10. The van der Waals surface area contributed by atoms with Crippen LogP contribution in [0.1, 0.15) is 24.5 Å². The van der Waals surface area contributed by atoms with Gasteiger partial charge in [0.15, 0.2) is 11.8 Å². The molecule has 0 aliphatic carbocycles. The molecule has 178 valence electrons. The van der Waals surface area contributed by atoms with E-state index in [2.05, 4.69) is 69.0 Å². The van der Waals surface area contributed by atoms with Gasteiger partial charge in [-0.2, -0.15) is 0 Å². The van der Waals surface area contributed by atoms with Gasteiger partial charge in [-0.15, -0.1) is 10.2 Å². The van der Waals surface area contributed by atoms with Crippen LogP contribution >= 0.6 is 0 Å². The fourth-order valence-electron chi connectivity index (χ4n) is 3.20. The lowest BCUT2D eigenvalue weighted by molar-refractivity contribution is 0.180. The highest BCUT2D eigenvalue weighted by Gasteiger charge is 2.06. The molecule has 0 aliphatic rings. The maximum atomic E-state index is 5.13. The van der Waals surface area contributed by atoms with E-state index in [1.807, 2.05) is 24.6 Å². The number of guanidine groups is 1. The Morgan fingerprint density at radius 1 is 1.03 bits per heavy atom. The average molecular weight is 445 g/mol. The van der Waals surface area contributed by atoms with Crippen molar-refractivity contribution in [3.05, 3.63) is 42.0 Å². The first kappa shape index (κ1) is 25.6. The Labute approximate surface area is 192 Å². The van der Waals surface area contributed by atoms with Crippen molar-refractivity contribution < 1.29 is 4.74 Å². The maximum absolute atomic E-state index is 5.13. The van der Waals surface area contributed by atoms with Crippen molar-refractivity contribution in [3.8, 4) is 0 Å². The molecule has 9 nitrogen and oxygen atoms in total. The summed E-state index contributed by atoms with van der Waals surface area (Å²) >= 11 is 0. The number of aromatic nitrogens is 3. The first-order chi connectivity index (χ1) is 15.5. The number of anilines is 1. The molecule has 0 spiro atoms. The number of hydrogen-bond donors (Lipinski definition) is 2. The third-order valence-corrected chi connectivity index (χ3v) is 5.40. The number of methoxy groups -OCH3 is 1. The van der Waals surface area contributed by atoms with E-state index in [4.69, 9.17) is 9.73 Å². The van der Waals surface area contributed by atoms with Crippen molar-refractivity contribution in [1.82, 2.24) is 30.3 Å². The normalized spacial score (nSPS) is 11.8. The molecule has 2 N–H and O–H groups in total. The molecule has 0 unspecified atom stereocenters. The van der Waals surface area contributed by atoms with Crippen molar-refractivity contribution in [1.29, 1.82) is 0 Å². The molecule has 0 aliphatic heterocycles. The topological polar surface area (TPSA) is 82.8 Å². The van der Waals surface area contributed by atoms with Gasteiger partial charge >= 0.3 is 0 Å². The molecule has 0 bridgehead atoms. The van der Waals surface area contributed by atoms with Crippen LogP contribution in [0.25, 0.3) is 0 Å². The number of nitrogens with one attached hydrogen (secondary N) is 2. The van der Waals surface area contributed by atoms with Gasteiger partial charge in [-0.25, -0.2) is 4.99 Å². The van der Waals surface area contributed by atoms with E-state index in [1.54, 1.807) is 7.11 Å². The summed E-state index contributed by atoms with van der Waals surface area (Å²) in [5.41, 5.74) is 1.23. The lowest BCUT2D eigenvalue weighted by Crippen LogP contribution is -2.42. The fourth-order valence-corrected chi connectivity index (χ4v) is 3.20.